The first-order chi connectivity index (χ1) is 24.0. The van der Waals surface area contributed by atoms with E-state index in [1.54, 1.807) is 26.8 Å². The Bertz CT molecular complexity index is 1680. The van der Waals surface area contributed by atoms with Crippen molar-refractivity contribution < 1.29 is 38.4 Å². The third-order valence-corrected chi connectivity index (χ3v) is 7.82. The molecule has 11 nitrogen and oxygen atoms in total. The number of nitrogens with one attached hydrogen (secondary N) is 2. The fourth-order valence-corrected chi connectivity index (χ4v) is 5.67. The van der Waals surface area contributed by atoms with Crippen molar-refractivity contribution in [3.05, 3.63) is 126 Å². The number of nitrogens with zero attached hydrogens (tertiary/aromatic N) is 1. The van der Waals surface area contributed by atoms with Gasteiger partial charge in [-0.05, 0) is 49.1 Å². The molecule has 4 aromatic rings. The number of aromatic nitrogens is 1. The summed E-state index contributed by atoms with van der Waals surface area (Å²) >= 11 is 0. The van der Waals surface area contributed by atoms with Gasteiger partial charge in [-0.1, -0.05) is 91.0 Å². The molecule has 264 valence electrons. The largest absolute Gasteiger partial charge is 0.444 e. The van der Waals surface area contributed by atoms with Crippen LogP contribution in [-0.4, -0.2) is 58.4 Å². The molecule has 1 aromatic heterocycles. The second-order valence-corrected chi connectivity index (χ2v) is 13.2. The highest BCUT2D eigenvalue weighted by Crippen LogP contribution is 2.39. The van der Waals surface area contributed by atoms with Gasteiger partial charge in [0.25, 0.3) is 0 Å². The average Bonchev–Trinajstić information content (AvgIpc) is 3.34. The van der Waals surface area contributed by atoms with Crippen LogP contribution in [0.25, 0.3) is 0 Å². The van der Waals surface area contributed by atoms with Crippen molar-refractivity contribution in [1.82, 2.24) is 4.98 Å². The van der Waals surface area contributed by atoms with Crippen molar-refractivity contribution in [2.75, 3.05) is 17.2 Å². The smallest absolute Gasteiger partial charge is 0.413 e. The fraction of sp³-hybridized carbons (Fsp3) is 0.359. The molecule has 0 aliphatic carbocycles. The summed E-state index contributed by atoms with van der Waals surface area (Å²) in [5, 5.41) is 17.9. The molecule has 11 heteroatoms. The third-order valence-electron chi connectivity index (χ3n) is 7.82. The summed E-state index contributed by atoms with van der Waals surface area (Å²) < 4.78 is 31.0. The standard InChI is InChI=1S/C39H45N3O8/c1-27(43)41-33-31(20-21-40-36(33)42-37(44)50-38(2,3)4)22-39(45)35(48-25-30-18-12-7-13-19-30)34(47-24-29-16-10-6-11-17-29)32(49-39)26-46-23-28-14-8-5-9-15-28/h5-21,32,34-35,45H,22-26H2,1-4H3,(H,41,43)(H,40,42,44)/t32-,34-,35-,39+/m1/s1. The van der Waals surface area contributed by atoms with E-state index in [1.807, 2.05) is 91.0 Å². The Morgan fingerprint density at radius 2 is 1.38 bits per heavy atom. The molecule has 0 radical (unpaired) electrons. The SMILES string of the molecule is CC(=O)Nc1c(C[C@]2(O)O[C@H](COCc3ccccc3)[C@@H](OCc3ccccc3)[C@H]2OCc2ccccc2)ccnc1NC(=O)OC(C)(C)C. The Balaban J connectivity index is 1.47. The van der Waals surface area contributed by atoms with Gasteiger partial charge in [-0.15, -0.1) is 0 Å². The minimum Gasteiger partial charge on any atom is -0.444 e. The normalized spacial score (nSPS) is 20.3. The lowest BCUT2D eigenvalue weighted by atomic mass is 9.96. The van der Waals surface area contributed by atoms with Gasteiger partial charge in [-0.2, -0.15) is 0 Å². The quantitative estimate of drug-likeness (QED) is 0.138. The number of amides is 2. The summed E-state index contributed by atoms with van der Waals surface area (Å²) in [6.45, 7) is 7.40. The molecule has 2 heterocycles. The van der Waals surface area contributed by atoms with E-state index in [0.29, 0.717) is 12.2 Å². The maximum atomic E-state index is 12.7. The number of benzene rings is 3. The highest BCUT2D eigenvalue weighted by Gasteiger charge is 2.56. The maximum Gasteiger partial charge on any atom is 0.413 e. The molecule has 1 saturated heterocycles. The predicted molar refractivity (Wildman–Crippen MR) is 188 cm³/mol. The first kappa shape index (κ1) is 36.6. The van der Waals surface area contributed by atoms with E-state index < -0.39 is 41.7 Å². The molecule has 2 amide bonds. The van der Waals surface area contributed by atoms with Crippen LogP contribution in [0.15, 0.2) is 103 Å². The Morgan fingerprint density at radius 1 is 0.820 bits per heavy atom. The van der Waals surface area contributed by atoms with Crippen LogP contribution in [0, 0.1) is 0 Å². The molecule has 1 aliphatic heterocycles. The number of carbonyl (C=O) groups is 2. The average molecular weight is 684 g/mol. The van der Waals surface area contributed by atoms with E-state index in [0.717, 1.165) is 16.7 Å². The first-order valence-electron chi connectivity index (χ1n) is 16.6. The second kappa shape index (κ2) is 16.8. The van der Waals surface area contributed by atoms with E-state index in [4.69, 9.17) is 23.7 Å². The Morgan fingerprint density at radius 3 is 1.94 bits per heavy atom. The monoisotopic (exact) mass is 683 g/mol. The number of anilines is 2. The number of carbonyl (C=O) groups excluding carboxylic acids is 2. The van der Waals surface area contributed by atoms with Crippen LogP contribution < -0.4 is 10.6 Å². The number of aliphatic hydroxyl groups is 1. The first-order valence-corrected chi connectivity index (χ1v) is 16.6. The summed E-state index contributed by atoms with van der Waals surface area (Å²) in [4.78, 5) is 29.4. The van der Waals surface area contributed by atoms with Crippen LogP contribution in [-0.2, 0) is 54.7 Å². The molecular weight excluding hydrogens is 638 g/mol. The highest BCUT2D eigenvalue weighted by molar-refractivity contribution is 5.96. The van der Waals surface area contributed by atoms with Gasteiger partial charge >= 0.3 is 6.09 Å². The van der Waals surface area contributed by atoms with Crippen molar-refractivity contribution in [3.63, 3.8) is 0 Å². The van der Waals surface area contributed by atoms with E-state index in [-0.39, 0.29) is 37.7 Å². The number of ether oxygens (including phenoxy) is 5. The number of hydrogen-bond donors (Lipinski definition) is 3. The second-order valence-electron chi connectivity index (χ2n) is 13.2. The molecule has 1 aliphatic rings. The van der Waals surface area contributed by atoms with Gasteiger partial charge in [-0.25, -0.2) is 9.78 Å². The molecule has 0 saturated carbocycles. The number of rotatable bonds is 14. The Kier molecular flexibility index (Phi) is 12.3. The van der Waals surface area contributed by atoms with Crippen molar-refractivity contribution in [1.29, 1.82) is 0 Å². The zero-order valence-electron chi connectivity index (χ0n) is 28.8. The molecular formula is C39H45N3O8. The topological polar surface area (TPSA) is 137 Å². The molecule has 3 N–H and O–H groups in total. The van der Waals surface area contributed by atoms with Gasteiger partial charge in [0.2, 0.25) is 5.91 Å². The zero-order valence-corrected chi connectivity index (χ0v) is 28.8. The van der Waals surface area contributed by atoms with E-state index >= 15 is 0 Å². The van der Waals surface area contributed by atoms with Crippen molar-refractivity contribution >= 4 is 23.5 Å². The fourth-order valence-electron chi connectivity index (χ4n) is 5.67. The summed E-state index contributed by atoms with van der Waals surface area (Å²) in [5.74, 6) is -2.32. The molecule has 0 bridgehead atoms. The number of hydrogen-bond acceptors (Lipinski definition) is 9. The van der Waals surface area contributed by atoms with Crippen LogP contribution in [0.2, 0.25) is 0 Å². The molecule has 0 spiro atoms. The Hall–Kier alpha value is -4.65. The lowest BCUT2D eigenvalue weighted by Gasteiger charge is -2.31. The Labute approximate surface area is 292 Å². The lowest BCUT2D eigenvalue weighted by molar-refractivity contribution is -0.242. The van der Waals surface area contributed by atoms with Gasteiger partial charge in [-0.3, -0.25) is 10.1 Å². The number of pyridine rings is 1. The summed E-state index contributed by atoms with van der Waals surface area (Å²) in [5.41, 5.74) is 2.68. The molecule has 50 heavy (non-hydrogen) atoms. The lowest BCUT2D eigenvalue weighted by Crippen LogP contribution is -2.47. The van der Waals surface area contributed by atoms with Crippen LogP contribution in [0.4, 0.5) is 16.3 Å². The van der Waals surface area contributed by atoms with E-state index in [2.05, 4.69) is 15.6 Å². The van der Waals surface area contributed by atoms with Crippen molar-refractivity contribution in [2.45, 2.75) is 83.6 Å². The van der Waals surface area contributed by atoms with E-state index in [9.17, 15) is 14.7 Å². The predicted octanol–water partition coefficient (Wildman–Crippen LogP) is 6.40. The summed E-state index contributed by atoms with van der Waals surface area (Å²) in [6, 6.07) is 30.7. The minimum atomic E-state index is -1.96. The molecule has 5 rings (SSSR count). The van der Waals surface area contributed by atoms with Crippen LogP contribution in [0.5, 0.6) is 0 Å². The zero-order chi connectivity index (χ0) is 35.6. The van der Waals surface area contributed by atoms with Crippen molar-refractivity contribution in [2.24, 2.45) is 0 Å². The van der Waals surface area contributed by atoms with Crippen LogP contribution in [0.3, 0.4) is 0 Å². The van der Waals surface area contributed by atoms with E-state index in [1.165, 1.54) is 13.1 Å². The minimum absolute atomic E-state index is 0.0509. The molecule has 3 aromatic carbocycles. The van der Waals surface area contributed by atoms with Gasteiger partial charge in [0.15, 0.2) is 11.6 Å². The van der Waals surface area contributed by atoms with Gasteiger partial charge in [0, 0.05) is 19.5 Å². The molecule has 1 fully saturated rings. The molecule has 4 atom stereocenters. The van der Waals surface area contributed by atoms with Gasteiger partial charge in [0.1, 0.15) is 23.9 Å². The summed E-state index contributed by atoms with van der Waals surface area (Å²) in [6.07, 6.45) is -1.94. The van der Waals surface area contributed by atoms with Gasteiger partial charge < -0.3 is 34.1 Å². The van der Waals surface area contributed by atoms with Gasteiger partial charge in [0.05, 0.1) is 32.1 Å². The summed E-state index contributed by atoms with van der Waals surface area (Å²) in [7, 11) is 0. The van der Waals surface area contributed by atoms with Crippen molar-refractivity contribution in [3.8, 4) is 0 Å². The highest BCUT2D eigenvalue weighted by atomic mass is 16.7. The van der Waals surface area contributed by atoms with Crippen LogP contribution in [0.1, 0.15) is 49.9 Å². The van der Waals surface area contributed by atoms with Crippen LogP contribution >= 0.6 is 0 Å². The molecule has 0 unspecified atom stereocenters. The third kappa shape index (κ3) is 10.4. The maximum absolute atomic E-state index is 12.7.